The maximum Gasteiger partial charge on any atom is 0.313 e. The van der Waals surface area contributed by atoms with E-state index in [0.717, 1.165) is 0 Å². The van der Waals surface area contributed by atoms with Crippen LogP contribution in [-0.2, 0) is 4.79 Å². The highest BCUT2D eigenvalue weighted by Crippen LogP contribution is 2.14. The Kier molecular flexibility index (Phi) is 6.33. The largest absolute Gasteiger partial charge is 0.481 e. The van der Waals surface area contributed by atoms with Gasteiger partial charge in [-0.25, -0.2) is 0 Å². The highest BCUT2D eigenvalue weighted by Gasteiger charge is 2.17. The molecule has 2 rings (SSSR count). The molecule has 19 heavy (non-hydrogen) atoms. The smallest absolute Gasteiger partial charge is 0.313 e. The summed E-state index contributed by atoms with van der Waals surface area (Å²) >= 11 is 0. The first-order valence-electron chi connectivity index (χ1n) is 6.05. The summed E-state index contributed by atoms with van der Waals surface area (Å²) in [6.07, 6.45) is 0. The van der Waals surface area contributed by atoms with E-state index in [-0.39, 0.29) is 6.61 Å². The molecule has 0 amide bonds. The summed E-state index contributed by atoms with van der Waals surface area (Å²) in [7, 11) is 0. The second-order valence-electron chi connectivity index (χ2n) is 4.14. The Hall–Kier alpha value is -2.13. The molecule has 0 aliphatic rings. The second kappa shape index (κ2) is 8.06. The van der Waals surface area contributed by atoms with Gasteiger partial charge in [-0.05, 0) is 12.5 Å². The average Bonchev–Trinajstić information content (AvgIpc) is 2.42. The maximum absolute atomic E-state index is 10.6. The van der Waals surface area contributed by atoms with Gasteiger partial charge in [-0.15, -0.1) is 0 Å². The molecule has 0 saturated heterocycles. The van der Waals surface area contributed by atoms with Gasteiger partial charge in [0.25, 0.3) is 0 Å². The van der Waals surface area contributed by atoms with Gasteiger partial charge >= 0.3 is 5.97 Å². The van der Waals surface area contributed by atoms with Crippen molar-refractivity contribution < 1.29 is 15.0 Å². The van der Waals surface area contributed by atoms with Crippen LogP contribution in [0.5, 0.6) is 0 Å². The zero-order valence-electron chi connectivity index (χ0n) is 10.9. The Labute approximate surface area is 113 Å². The highest BCUT2D eigenvalue weighted by molar-refractivity contribution is 5.76. The SMILES string of the molecule is Cc1ccccc1.O=C(O)C(CO)c1ccccc1. The van der Waals surface area contributed by atoms with Gasteiger partial charge in [0.05, 0.1) is 6.61 Å². The minimum Gasteiger partial charge on any atom is -0.481 e. The number of aliphatic carboxylic acids is 1. The number of rotatable bonds is 3. The summed E-state index contributed by atoms with van der Waals surface area (Å²) in [5.74, 6) is -1.80. The Bertz CT molecular complexity index is 480. The van der Waals surface area contributed by atoms with E-state index in [0.29, 0.717) is 5.56 Å². The molecule has 3 heteroatoms. The van der Waals surface area contributed by atoms with Crippen molar-refractivity contribution in [3.63, 3.8) is 0 Å². The van der Waals surface area contributed by atoms with Crippen LogP contribution >= 0.6 is 0 Å². The van der Waals surface area contributed by atoms with Gasteiger partial charge < -0.3 is 10.2 Å². The molecule has 0 saturated carbocycles. The minimum absolute atomic E-state index is 0.362. The summed E-state index contributed by atoms with van der Waals surface area (Å²) < 4.78 is 0. The fourth-order valence-corrected chi connectivity index (χ4v) is 1.55. The number of carboxylic acids is 1. The molecule has 0 spiro atoms. The van der Waals surface area contributed by atoms with E-state index >= 15 is 0 Å². The normalized spacial score (nSPS) is 11.1. The number of aryl methyl sites for hydroxylation is 1. The van der Waals surface area contributed by atoms with E-state index in [9.17, 15) is 4.79 Å². The number of aliphatic hydroxyl groups is 1. The summed E-state index contributed by atoms with van der Waals surface area (Å²) in [4.78, 5) is 10.6. The van der Waals surface area contributed by atoms with Crippen LogP contribution in [0.4, 0.5) is 0 Å². The topological polar surface area (TPSA) is 57.5 Å². The number of aliphatic hydroxyl groups excluding tert-OH is 1. The predicted molar refractivity (Wildman–Crippen MR) is 75.1 cm³/mol. The number of carboxylic acid groups (broad SMARTS) is 1. The van der Waals surface area contributed by atoms with Crippen molar-refractivity contribution in [3.8, 4) is 0 Å². The average molecular weight is 258 g/mol. The van der Waals surface area contributed by atoms with Gasteiger partial charge in [-0.3, -0.25) is 4.79 Å². The lowest BCUT2D eigenvalue weighted by molar-refractivity contribution is -0.139. The van der Waals surface area contributed by atoms with Crippen LogP contribution in [-0.4, -0.2) is 22.8 Å². The molecule has 2 N–H and O–H groups in total. The quantitative estimate of drug-likeness (QED) is 0.890. The van der Waals surface area contributed by atoms with Crippen molar-refractivity contribution in [2.45, 2.75) is 12.8 Å². The van der Waals surface area contributed by atoms with Crippen molar-refractivity contribution in [1.82, 2.24) is 0 Å². The van der Waals surface area contributed by atoms with E-state index in [1.807, 2.05) is 18.2 Å². The first kappa shape index (κ1) is 14.9. The molecule has 2 aromatic carbocycles. The molecule has 100 valence electrons. The van der Waals surface area contributed by atoms with Crippen molar-refractivity contribution in [2.24, 2.45) is 0 Å². The fraction of sp³-hybridized carbons (Fsp3) is 0.188. The molecule has 0 fully saturated rings. The first-order valence-corrected chi connectivity index (χ1v) is 6.05. The van der Waals surface area contributed by atoms with Crippen molar-refractivity contribution >= 4 is 5.97 Å². The Balaban J connectivity index is 0.000000218. The van der Waals surface area contributed by atoms with Crippen LogP contribution in [0.15, 0.2) is 60.7 Å². The van der Waals surface area contributed by atoms with Crippen LogP contribution in [0, 0.1) is 6.92 Å². The zero-order valence-corrected chi connectivity index (χ0v) is 10.9. The van der Waals surface area contributed by atoms with Gasteiger partial charge in [0.2, 0.25) is 0 Å². The second-order valence-corrected chi connectivity index (χ2v) is 4.14. The standard InChI is InChI=1S/C9H10O3.C7H8/c10-6-8(9(11)12)7-4-2-1-3-5-7;1-7-5-3-2-4-6-7/h1-5,8,10H,6H2,(H,11,12);2-6H,1H3. The van der Waals surface area contributed by atoms with Crippen LogP contribution in [0.1, 0.15) is 17.0 Å². The molecule has 0 bridgehead atoms. The van der Waals surface area contributed by atoms with Gasteiger partial charge in [0.15, 0.2) is 0 Å². The molecule has 0 aromatic heterocycles. The molecule has 2 aromatic rings. The van der Waals surface area contributed by atoms with E-state index in [2.05, 4.69) is 19.1 Å². The molecule has 1 atom stereocenters. The first-order chi connectivity index (χ1) is 9.15. The van der Waals surface area contributed by atoms with Gasteiger partial charge in [0.1, 0.15) is 5.92 Å². The third kappa shape index (κ3) is 5.36. The third-order valence-corrected chi connectivity index (χ3v) is 2.62. The monoisotopic (exact) mass is 258 g/mol. The molecular formula is C16H18O3. The number of hydrogen-bond donors (Lipinski definition) is 2. The van der Waals surface area contributed by atoms with E-state index in [4.69, 9.17) is 10.2 Å². The molecule has 1 unspecified atom stereocenters. The molecule has 0 aliphatic heterocycles. The zero-order chi connectivity index (χ0) is 14.1. The summed E-state index contributed by atoms with van der Waals surface area (Å²) in [6.45, 7) is 1.72. The minimum atomic E-state index is -0.997. The molecule has 3 nitrogen and oxygen atoms in total. The molecule has 0 heterocycles. The lowest BCUT2D eigenvalue weighted by Gasteiger charge is -2.07. The predicted octanol–water partition coefficient (Wildman–Crippen LogP) is 2.84. The Morgan fingerprint density at radius 2 is 1.47 bits per heavy atom. The van der Waals surface area contributed by atoms with Crippen LogP contribution < -0.4 is 0 Å². The van der Waals surface area contributed by atoms with E-state index < -0.39 is 11.9 Å². The van der Waals surface area contributed by atoms with E-state index in [1.165, 1.54) is 5.56 Å². The highest BCUT2D eigenvalue weighted by atomic mass is 16.4. The van der Waals surface area contributed by atoms with Crippen molar-refractivity contribution in [2.75, 3.05) is 6.61 Å². The lowest BCUT2D eigenvalue weighted by Crippen LogP contribution is -2.15. The molecular weight excluding hydrogens is 240 g/mol. The molecule has 0 radical (unpaired) electrons. The van der Waals surface area contributed by atoms with Gasteiger partial charge in [0, 0.05) is 0 Å². The number of carbonyl (C=O) groups is 1. The third-order valence-electron chi connectivity index (χ3n) is 2.62. The summed E-state index contributed by atoms with van der Waals surface area (Å²) in [6, 6.07) is 18.9. The van der Waals surface area contributed by atoms with Gasteiger partial charge in [-0.2, -0.15) is 0 Å². The van der Waals surface area contributed by atoms with Gasteiger partial charge in [-0.1, -0.05) is 66.2 Å². The Morgan fingerprint density at radius 3 is 1.79 bits per heavy atom. The fourth-order valence-electron chi connectivity index (χ4n) is 1.55. The van der Waals surface area contributed by atoms with E-state index in [1.54, 1.807) is 30.3 Å². The van der Waals surface area contributed by atoms with Crippen molar-refractivity contribution in [3.05, 3.63) is 71.8 Å². The van der Waals surface area contributed by atoms with Crippen molar-refractivity contribution in [1.29, 1.82) is 0 Å². The number of benzene rings is 2. The van der Waals surface area contributed by atoms with Crippen LogP contribution in [0.25, 0.3) is 0 Å². The lowest BCUT2D eigenvalue weighted by atomic mass is 10.0. The summed E-state index contributed by atoms with van der Waals surface area (Å²) in [5.41, 5.74) is 1.95. The van der Waals surface area contributed by atoms with Crippen LogP contribution in [0.2, 0.25) is 0 Å². The molecule has 0 aliphatic carbocycles. The Morgan fingerprint density at radius 1 is 1.00 bits per heavy atom. The maximum atomic E-state index is 10.6. The van der Waals surface area contributed by atoms with Crippen LogP contribution in [0.3, 0.4) is 0 Å². The number of hydrogen-bond acceptors (Lipinski definition) is 2. The summed E-state index contributed by atoms with van der Waals surface area (Å²) in [5, 5.41) is 17.4.